The van der Waals surface area contributed by atoms with Gasteiger partial charge >= 0.3 is 28.1 Å². The van der Waals surface area contributed by atoms with E-state index >= 15 is 0 Å². The fraction of sp³-hybridized carbons (Fsp3) is 0. The number of hydrazine groups is 1. The first kappa shape index (κ1) is 38.3. The lowest BCUT2D eigenvalue weighted by molar-refractivity contribution is 0.701. The van der Waals surface area contributed by atoms with Crippen LogP contribution < -0.4 is 35.5 Å². The maximum Gasteiger partial charge on any atom is 0.456 e. The number of benzene rings is 9. The molecule has 3 heterocycles. The normalized spacial score (nSPS) is 14.2. The van der Waals surface area contributed by atoms with E-state index in [0.717, 1.165) is 22.7 Å². The van der Waals surface area contributed by atoms with E-state index < -0.39 is 0 Å². The van der Waals surface area contributed by atoms with Crippen LogP contribution in [-0.4, -0.2) is 32.9 Å². The van der Waals surface area contributed by atoms with Crippen molar-refractivity contribution in [2.75, 3.05) is 19.1 Å². The van der Waals surface area contributed by atoms with Gasteiger partial charge in [0, 0.05) is 42.9 Å². The zero-order valence-corrected chi connectivity index (χ0v) is 35.9. The van der Waals surface area contributed by atoms with Crippen LogP contribution in [0, 0.1) is 0 Å². The van der Waals surface area contributed by atoms with Crippen LogP contribution in [0.25, 0.3) is 31.3 Å². The highest BCUT2D eigenvalue weighted by Gasteiger charge is 2.66. The Hall–Kier alpha value is -7.38. The SMILES string of the molecule is c1ccc(B2N(c3ccccc3)B(c3ccccc3)N3B(N2c2ccccc2)N(c2ccccc2)B(c2ccc(-c4cccc5c4sc4ccccc45)cc2)N3c2ccccc2)cc1. The average Bonchev–Trinajstić information content (AvgIpc) is 3.94. The van der Waals surface area contributed by atoms with Crippen molar-refractivity contribution in [1.29, 1.82) is 0 Å². The molecule has 0 saturated carbocycles. The molecule has 0 amide bonds. The predicted molar refractivity (Wildman–Crippen MR) is 277 cm³/mol. The molecule has 64 heavy (non-hydrogen) atoms. The van der Waals surface area contributed by atoms with E-state index in [-0.39, 0.29) is 28.1 Å². The predicted octanol–water partition coefficient (Wildman–Crippen LogP) is 10.5. The molecule has 10 aromatic rings. The van der Waals surface area contributed by atoms with Crippen molar-refractivity contribution in [2.45, 2.75) is 0 Å². The van der Waals surface area contributed by atoms with Crippen LogP contribution >= 0.6 is 11.3 Å². The van der Waals surface area contributed by atoms with E-state index in [4.69, 9.17) is 0 Å². The molecular weight excluding hydrogens is 794 g/mol. The van der Waals surface area contributed by atoms with Gasteiger partial charge < -0.3 is 19.1 Å². The molecule has 0 spiro atoms. The van der Waals surface area contributed by atoms with Crippen molar-refractivity contribution in [1.82, 2.24) is 4.83 Å². The molecule has 0 atom stereocenters. The lowest BCUT2D eigenvalue weighted by atomic mass is 9.42. The van der Waals surface area contributed by atoms with Gasteiger partial charge in [0.05, 0.1) is 0 Å². The van der Waals surface area contributed by atoms with Crippen LogP contribution in [0.4, 0.5) is 22.7 Å². The second kappa shape index (κ2) is 16.4. The van der Waals surface area contributed by atoms with Gasteiger partial charge in [-0.1, -0.05) is 194 Å². The number of hydrogen-bond donors (Lipinski definition) is 0. The van der Waals surface area contributed by atoms with Crippen molar-refractivity contribution >= 4 is 98.7 Å². The zero-order valence-electron chi connectivity index (χ0n) is 35.1. The Morgan fingerprint density at radius 1 is 0.312 bits per heavy atom. The van der Waals surface area contributed by atoms with Crippen LogP contribution in [0.1, 0.15) is 0 Å². The summed E-state index contributed by atoms with van der Waals surface area (Å²) < 4.78 is 10.6. The van der Waals surface area contributed by atoms with E-state index in [1.807, 2.05) is 11.3 Å². The maximum atomic E-state index is 2.65. The van der Waals surface area contributed by atoms with Gasteiger partial charge in [-0.05, 0) is 82.1 Å². The van der Waals surface area contributed by atoms with Crippen LogP contribution in [0.3, 0.4) is 0 Å². The van der Waals surface area contributed by atoms with Gasteiger partial charge in [-0.15, -0.1) is 11.3 Å². The molecule has 2 aliphatic rings. The average molecular weight is 835 g/mol. The van der Waals surface area contributed by atoms with Crippen molar-refractivity contribution in [3.63, 3.8) is 0 Å². The Balaban J connectivity index is 1.13. The minimum absolute atomic E-state index is 0.218. The Bertz CT molecular complexity index is 3030. The molecule has 0 unspecified atom stereocenters. The van der Waals surface area contributed by atoms with Gasteiger partial charge in [0.1, 0.15) is 0 Å². The Labute approximate surface area is 380 Å². The second-order valence-corrected chi connectivity index (χ2v) is 17.5. The highest BCUT2D eigenvalue weighted by molar-refractivity contribution is 7.26. The van der Waals surface area contributed by atoms with Gasteiger partial charge in [0.25, 0.3) is 0 Å². The van der Waals surface area contributed by atoms with Gasteiger partial charge in [0.2, 0.25) is 0 Å². The number of rotatable bonds is 8. The van der Waals surface area contributed by atoms with Gasteiger partial charge in [0.15, 0.2) is 0 Å². The second-order valence-electron chi connectivity index (χ2n) is 16.5. The highest BCUT2D eigenvalue weighted by Crippen LogP contribution is 2.42. The number of hydrogen-bond acceptors (Lipinski definition) is 6. The van der Waals surface area contributed by atoms with Gasteiger partial charge in [-0.2, -0.15) is 0 Å². The molecule has 0 bridgehead atoms. The largest absolute Gasteiger partial charge is 0.456 e. The molecule has 1 aromatic heterocycles. The fourth-order valence-corrected chi connectivity index (χ4v) is 11.4. The molecular formula is C54H41B4N5S. The van der Waals surface area contributed by atoms with E-state index in [2.05, 4.69) is 273 Å². The maximum absolute atomic E-state index is 2.65. The monoisotopic (exact) mass is 835 g/mol. The van der Waals surface area contributed by atoms with Crippen LogP contribution in [-0.2, 0) is 0 Å². The summed E-state index contributed by atoms with van der Waals surface area (Å²) in [6.07, 6.45) is 0. The molecule has 5 nitrogen and oxygen atoms in total. The number of fused-ring (bicyclic) bond motifs is 4. The van der Waals surface area contributed by atoms with Crippen LogP contribution in [0.15, 0.2) is 249 Å². The highest BCUT2D eigenvalue weighted by atomic mass is 32.1. The number of thiophene rings is 1. The van der Waals surface area contributed by atoms with Gasteiger partial charge in [-0.25, -0.2) is 4.83 Å². The summed E-state index contributed by atoms with van der Waals surface area (Å²) in [5.41, 5.74) is 10.6. The van der Waals surface area contributed by atoms with E-state index in [9.17, 15) is 0 Å². The molecule has 300 valence electrons. The summed E-state index contributed by atoms with van der Waals surface area (Å²) >= 11 is 1.88. The summed E-state index contributed by atoms with van der Waals surface area (Å²) in [7, 11) is -0.308. The minimum Gasteiger partial charge on any atom is -0.420 e. The molecule has 0 aliphatic carbocycles. The molecule has 0 N–H and O–H groups in total. The van der Waals surface area contributed by atoms with Crippen LogP contribution in [0.2, 0.25) is 0 Å². The fourth-order valence-electron chi connectivity index (χ4n) is 10.1. The molecule has 12 rings (SSSR count). The third kappa shape index (κ3) is 6.48. The third-order valence-corrected chi connectivity index (χ3v) is 14.0. The first-order chi connectivity index (χ1) is 31.8. The minimum atomic E-state index is -0.308. The van der Waals surface area contributed by atoms with E-state index in [0.29, 0.717) is 0 Å². The topological polar surface area (TPSA) is 16.2 Å². The number of nitrogens with zero attached hydrogens (tertiary/aromatic N) is 5. The van der Waals surface area contributed by atoms with E-state index in [1.54, 1.807) is 0 Å². The van der Waals surface area contributed by atoms with E-state index in [1.165, 1.54) is 47.7 Å². The quantitative estimate of drug-likeness (QED) is 0.141. The Morgan fingerprint density at radius 2 is 0.750 bits per heavy atom. The first-order valence-corrected chi connectivity index (χ1v) is 22.9. The lowest BCUT2D eigenvalue weighted by Crippen LogP contribution is -2.85. The van der Waals surface area contributed by atoms with Crippen molar-refractivity contribution in [3.8, 4) is 11.1 Å². The molecule has 2 fully saturated rings. The molecule has 2 saturated heterocycles. The molecule has 2 aliphatic heterocycles. The number of anilines is 4. The summed E-state index contributed by atoms with van der Waals surface area (Å²) in [5.74, 6) is 0. The first-order valence-electron chi connectivity index (χ1n) is 22.0. The third-order valence-electron chi connectivity index (χ3n) is 12.8. The zero-order chi connectivity index (χ0) is 42.4. The number of para-hydroxylation sites is 4. The van der Waals surface area contributed by atoms with Crippen molar-refractivity contribution < 1.29 is 0 Å². The Kier molecular flexibility index (Phi) is 9.81. The van der Waals surface area contributed by atoms with Crippen molar-refractivity contribution in [2.24, 2.45) is 0 Å². The summed E-state index contributed by atoms with van der Waals surface area (Å²) in [4.78, 5) is 5.22. The molecule has 9 aromatic carbocycles. The lowest BCUT2D eigenvalue weighted by Gasteiger charge is -2.55. The Morgan fingerprint density at radius 3 is 1.33 bits per heavy atom. The summed E-state index contributed by atoms with van der Waals surface area (Å²) in [6, 6.07) is 91.0. The van der Waals surface area contributed by atoms with Gasteiger partial charge in [-0.3, -0.25) is 0 Å². The van der Waals surface area contributed by atoms with Crippen molar-refractivity contribution in [3.05, 3.63) is 249 Å². The molecule has 10 heteroatoms. The van der Waals surface area contributed by atoms with Crippen LogP contribution in [0.5, 0.6) is 0 Å². The smallest absolute Gasteiger partial charge is 0.420 e. The summed E-state index contributed by atoms with van der Waals surface area (Å²) in [5, 5.41) is 2.62. The molecule has 0 radical (unpaired) electrons. The summed E-state index contributed by atoms with van der Waals surface area (Å²) in [6.45, 7) is -0.724. The standard InChI is InChI=1S/C54H41B4N5S/c1-7-22-43(23-8-1)55-59(46-26-11-3-12-27-46)57(44-24-9-2-10-25-44)63-58(60(55)47-28-13-4-14-29-47)61(48-30-15-5-16-31-48)56(62(63)49-32-17-6-18-33-49)45-40-38-42(39-41-45)50-35-21-36-52-51-34-19-20-37-53(51)64-54(50)52/h1-41H.